The summed E-state index contributed by atoms with van der Waals surface area (Å²) in [6, 6.07) is 0.271. The van der Waals surface area contributed by atoms with Crippen molar-refractivity contribution in [1.29, 1.82) is 0 Å². The molecule has 0 spiro atoms. The molecular weight excluding hydrogens is 387 g/mol. The highest BCUT2D eigenvalue weighted by atomic mass is 127. The molecule has 1 aliphatic heterocycles. The van der Waals surface area contributed by atoms with Crippen LogP contribution < -0.4 is 4.90 Å². The summed E-state index contributed by atoms with van der Waals surface area (Å²) in [6.45, 7) is 4.31. The fourth-order valence-electron chi connectivity index (χ4n) is 2.00. The van der Waals surface area contributed by atoms with Crippen LogP contribution in [0.2, 0.25) is 5.28 Å². The standard InChI is InChI=1S/C10H10ClIN4OS/c1-5-4-17-3-2-16(5)7-6-8(15-9(11)14-7)18-10(12)13-6/h5H,2-4H2,1H3. The molecular formula is C10H10ClIN4OS. The van der Waals surface area contributed by atoms with Gasteiger partial charge in [-0.3, -0.25) is 0 Å². The lowest BCUT2D eigenvalue weighted by Crippen LogP contribution is -2.44. The smallest absolute Gasteiger partial charge is 0.225 e. The van der Waals surface area contributed by atoms with Crippen molar-refractivity contribution in [2.24, 2.45) is 0 Å². The summed E-state index contributed by atoms with van der Waals surface area (Å²) in [7, 11) is 0. The molecule has 1 unspecified atom stereocenters. The van der Waals surface area contributed by atoms with E-state index in [0.717, 1.165) is 25.7 Å². The number of ether oxygens (including phenoxy) is 1. The average Bonchev–Trinajstić information content (AvgIpc) is 2.69. The molecule has 0 aliphatic carbocycles. The number of aromatic nitrogens is 3. The highest BCUT2D eigenvalue weighted by molar-refractivity contribution is 14.1. The van der Waals surface area contributed by atoms with Gasteiger partial charge in [0.2, 0.25) is 5.28 Å². The van der Waals surface area contributed by atoms with Crippen molar-refractivity contribution >= 4 is 61.7 Å². The van der Waals surface area contributed by atoms with Gasteiger partial charge in [-0.2, -0.15) is 4.98 Å². The Morgan fingerprint density at radius 3 is 3.06 bits per heavy atom. The lowest BCUT2D eigenvalue weighted by Gasteiger charge is -2.34. The fourth-order valence-corrected chi connectivity index (χ4v) is 3.74. The molecule has 3 rings (SSSR count). The van der Waals surface area contributed by atoms with Gasteiger partial charge in [0, 0.05) is 6.54 Å². The van der Waals surface area contributed by atoms with E-state index in [0.29, 0.717) is 13.2 Å². The van der Waals surface area contributed by atoms with Crippen LogP contribution in [0.1, 0.15) is 6.92 Å². The Morgan fingerprint density at radius 1 is 1.44 bits per heavy atom. The molecule has 1 fully saturated rings. The predicted octanol–water partition coefficient (Wildman–Crippen LogP) is 2.57. The molecule has 0 aromatic carbocycles. The number of morpholine rings is 1. The van der Waals surface area contributed by atoms with Crippen molar-refractivity contribution in [2.45, 2.75) is 13.0 Å². The molecule has 0 bridgehead atoms. The summed E-state index contributed by atoms with van der Waals surface area (Å²) in [5, 5.41) is 0.274. The Hall–Kier alpha value is -0.250. The van der Waals surface area contributed by atoms with E-state index in [-0.39, 0.29) is 11.3 Å². The van der Waals surface area contributed by atoms with E-state index in [9.17, 15) is 0 Å². The first-order valence-corrected chi connectivity index (χ1v) is 7.76. The zero-order valence-electron chi connectivity index (χ0n) is 9.56. The van der Waals surface area contributed by atoms with Gasteiger partial charge in [-0.1, -0.05) is 11.3 Å². The van der Waals surface area contributed by atoms with Gasteiger partial charge in [-0.25, -0.2) is 9.97 Å². The Morgan fingerprint density at radius 2 is 2.28 bits per heavy atom. The van der Waals surface area contributed by atoms with Crippen molar-refractivity contribution in [3.05, 3.63) is 8.30 Å². The van der Waals surface area contributed by atoms with Gasteiger partial charge in [0.1, 0.15) is 5.52 Å². The van der Waals surface area contributed by atoms with Gasteiger partial charge in [0.05, 0.1) is 19.3 Å². The molecule has 1 atom stereocenters. The monoisotopic (exact) mass is 396 g/mol. The molecule has 0 radical (unpaired) electrons. The summed E-state index contributed by atoms with van der Waals surface area (Å²) in [6.07, 6.45) is 0. The minimum atomic E-state index is 0.271. The average molecular weight is 397 g/mol. The van der Waals surface area contributed by atoms with E-state index in [1.54, 1.807) is 0 Å². The second-order valence-electron chi connectivity index (χ2n) is 4.05. The molecule has 18 heavy (non-hydrogen) atoms. The summed E-state index contributed by atoms with van der Waals surface area (Å²) in [5.41, 5.74) is 0.836. The number of rotatable bonds is 1. The molecule has 8 heteroatoms. The number of halogens is 2. The summed E-state index contributed by atoms with van der Waals surface area (Å²) < 4.78 is 6.39. The Kier molecular flexibility index (Phi) is 3.57. The maximum atomic E-state index is 6.00. The highest BCUT2D eigenvalue weighted by Gasteiger charge is 2.24. The first-order chi connectivity index (χ1) is 8.65. The third kappa shape index (κ3) is 2.28. The van der Waals surface area contributed by atoms with Crippen LogP contribution in [0, 0.1) is 3.01 Å². The summed E-state index contributed by atoms with van der Waals surface area (Å²) >= 11 is 9.71. The van der Waals surface area contributed by atoms with Gasteiger partial charge < -0.3 is 9.64 Å². The topological polar surface area (TPSA) is 51.1 Å². The zero-order valence-corrected chi connectivity index (χ0v) is 13.3. The van der Waals surface area contributed by atoms with Gasteiger partial charge >= 0.3 is 0 Å². The lowest BCUT2D eigenvalue weighted by molar-refractivity contribution is 0.0986. The van der Waals surface area contributed by atoms with Gasteiger partial charge in [0.25, 0.3) is 0 Å². The Bertz CT molecular complexity index is 593. The number of fused-ring (bicyclic) bond motifs is 1. The largest absolute Gasteiger partial charge is 0.377 e. The predicted molar refractivity (Wildman–Crippen MR) is 80.6 cm³/mol. The number of thiazole rings is 1. The Labute approximate surface area is 127 Å². The zero-order chi connectivity index (χ0) is 12.7. The maximum absolute atomic E-state index is 6.00. The first-order valence-electron chi connectivity index (χ1n) is 5.49. The van der Waals surface area contributed by atoms with Gasteiger partial charge in [-0.15, -0.1) is 0 Å². The van der Waals surface area contributed by atoms with E-state index in [1.807, 2.05) is 0 Å². The lowest BCUT2D eigenvalue weighted by atomic mass is 10.2. The van der Waals surface area contributed by atoms with Gasteiger partial charge in [0.15, 0.2) is 13.7 Å². The first kappa shape index (κ1) is 12.8. The minimum Gasteiger partial charge on any atom is -0.377 e. The van der Waals surface area contributed by atoms with Gasteiger partial charge in [-0.05, 0) is 41.1 Å². The summed E-state index contributed by atoms with van der Waals surface area (Å²) in [5.74, 6) is 0.819. The van der Waals surface area contributed by atoms with Crippen molar-refractivity contribution < 1.29 is 4.74 Å². The fraction of sp³-hybridized carbons (Fsp3) is 0.500. The van der Waals surface area contributed by atoms with Crippen LogP contribution in [0.25, 0.3) is 10.3 Å². The van der Waals surface area contributed by atoms with Crippen molar-refractivity contribution in [3.8, 4) is 0 Å². The van der Waals surface area contributed by atoms with Crippen LogP contribution in [0.15, 0.2) is 0 Å². The third-order valence-electron chi connectivity index (χ3n) is 2.83. The van der Waals surface area contributed by atoms with Crippen LogP contribution in [-0.4, -0.2) is 40.8 Å². The second kappa shape index (κ2) is 5.03. The molecule has 0 N–H and O–H groups in total. The van der Waals surface area contributed by atoms with E-state index in [1.165, 1.54) is 11.3 Å². The molecule has 3 heterocycles. The van der Waals surface area contributed by atoms with Crippen LogP contribution in [0.5, 0.6) is 0 Å². The van der Waals surface area contributed by atoms with Crippen LogP contribution in [0.4, 0.5) is 5.82 Å². The number of hydrogen-bond acceptors (Lipinski definition) is 6. The van der Waals surface area contributed by atoms with E-state index in [2.05, 4.69) is 49.4 Å². The highest BCUT2D eigenvalue weighted by Crippen LogP contribution is 2.31. The second-order valence-corrected chi connectivity index (χ2v) is 7.12. The maximum Gasteiger partial charge on any atom is 0.225 e. The third-order valence-corrected chi connectivity index (χ3v) is 4.64. The molecule has 96 valence electrons. The molecule has 2 aromatic heterocycles. The van der Waals surface area contributed by atoms with Crippen molar-refractivity contribution in [2.75, 3.05) is 24.7 Å². The van der Waals surface area contributed by atoms with E-state index >= 15 is 0 Å². The van der Waals surface area contributed by atoms with E-state index in [4.69, 9.17) is 16.3 Å². The number of hydrogen-bond donors (Lipinski definition) is 0. The minimum absolute atomic E-state index is 0.271. The molecule has 5 nitrogen and oxygen atoms in total. The van der Waals surface area contributed by atoms with E-state index < -0.39 is 0 Å². The summed E-state index contributed by atoms with van der Waals surface area (Å²) in [4.78, 5) is 16.1. The molecule has 0 saturated carbocycles. The number of anilines is 1. The van der Waals surface area contributed by atoms with Crippen LogP contribution in [0.3, 0.4) is 0 Å². The van der Waals surface area contributed by atoms with Crippen molar-refractivity contribution in [1.82, 2.24) is 15.0 Å². The SMILES string of the molecule is CC1COCCN1c1nc(Cl)nc2sc(I)nc12. The molecule has 2 aromatic rings. The van der Waals surface area contributed by atoms with Crippen LogP contribution >= 0.6 is 45.5 Å². The normalized spacial score (nSPS) is 20.6. The molecule has 1 saturated heterocycles. The quantitative estimate of drug-likeness (QED) is 0.548. The molecule has 0 amide bonds. The molecule has 1 aliphatic rings. The van der Waals surface area contributed by atoms with Crippen molar-refractivity contribution in [3.63, 3.8) is 0 Å². The van der Waals surface area contributed by atoms with Crippen LogP contribution in [-0.2, 0) is 4.74 Å². The Balaban J connectivity index is 2.14. The number of nitrogens with zero attached hydrogens (tertiary/aromatic N) is 4.